The van der Waals surface area contributed by atoms with Crippen molar-refractivity contribution in [2.75, 3.05) is 0 Å². The first-order valence-corrected chi connectivity index (χ1v) is 4.01. The van der Waals surface area contributed by atoms with E-state index >= 15 is 0 Å². The highest BCUT2D eigenvalue weighted by atomic mass is 16.3. The van der Waals surface area contributed by atoms with Crippen LogP contribution in [0.1, 0.15) is 11.3 Å². The summed E-state index contributed by atoms with van der Waals surface area (Å²) in [5.41, 5.74) is 2.34. The number of nitrogens with one attached hydrogen (secondary N) is 1. The molecule has 0 atom stereocenters. The molecule has 0 aliphatic carbocycles. The van der Waals surface area contributed by atoms with Crippen LogP contribution >= 0.6 is 0 Å². The van der Waals surface area contributed by atoms with E-state index in [1.807, 2.05) is 13.0 Å². The third-order valence-corrected chi connectivity index (χ3v) is 1.99. The van der Waals surface area contributed by atoms with Gasteiger partial charge in [0.05, 0.1) is 12.9 Å². The summed E-state index contributed by atoms with van der Waals surface area (Å²) < 4.78 is 5.18. The maximum absolute atomic E-state index is 9.09. The molecule has 0 aliphatic heterocycles. The zero-order valence-corrected chi connectivity index (χ0v) is 7.24. The second kappa shape index (κ2) is 3.06. The number of hydrogen-bond acceptors (Lipinski definition) is 3. The van der Waals surface area contributed by atoms with E-state index in [1.165, 1.54) is 0 Å². The van der Waals surface area contributed by atoms with Gasteiger partial charge in [-0.05, 0) is 19.1 Å². The Morgan fingerprint density at radius 2 is 2.46 bits per heavy atom. The highest BCUT2D eigenvalue weighted by molar-refractivity contribution is 5.57. The topological polar surface area (TPSA) is 62.0 Å². The Hall–Kier alpha value is -1.55. The number of aliphatic hydroxyl groups excluding tert-OH is 1. The molecule has 0 spiro atoms. The molecule has 4 nitrogen and oxygen atoms in total. The molecule has 2 heterocycles. The molecule has 2 aromatic heterocycles. The Morgan fingerprint density at radius 1 is 1.62 bits per heavy atom. The van der Waals surface area contributed by atoms with Crippen LogP contribution in [0.25, 0.3) is 11.5 Å². The first-order valence-electron chi connectivity index (χ1n) is 4.01. The molecular formula is C9H10N2O2. The van der Waals surface area contributed by atoms with Gasteiger partial charge in [0.2, 0.25) is 0 Å². The highest BCUT2D eigenvalue weighted by Gasteiger charge is 2.12. The minimum Gasteiger partial charge on any atom is -0.463 e. The van der Waals surface area contributed by atoms with Gasteiger partial charge in [0, 0.05) is 11.3 Å². The van der Waals surface area contributed by atoms with Crippen LogP contribution in [0.3, 0.4) is 0 Å². The number of H-pyrrole nitrogens is 1. The van der Waals surface area contributed by atoms with Gasteiger partial charge in [0.25, 0.3) is 0 Å². The number of furan rings is 1. The van der Waals surface area contributed by atoms with Gasteiger partial charge in [0.1, 0.15) is 5.69 Å². The van der Waals surface area contributed by atoms with Gasteiger partial charge in [-0.1, -0.05) is 0 Å². The van der Waals surface area contributed by atoms with Crippen molar-refractivity contribution >= 4 is 0 Å². The van der Waals surface area contributed by atoms with E-state index in [2.05, 4.69) is 10.2 Å². The summed E-state index contributed by atoms with van der Waals surface area (Å²) in [5, 5.41) is 15.9. The normalized spacial score (nSPS) is 10.6. The van der Waals surface area contributed by atoms with Crippen molar-refractivity contribution < 1.29 is 9.52 Å². The van der Waals surface area contributed by atoms with Crippen LogP contribution in [0.15, 0.2) is 22.8 Å². The average molecular weight is 178 g/mol. The summed E-state index contributed by atoms with van der Waals surface area (Å²) in [6.07, 6.45) is 1.58. The van der Waals surface area contributed by atoms with Gasteiger partial charge >= 0.3 is 0 Å². The van der Waals surface area contributed by atoms with E-state index in [0.29, 0.717) is 11.5 Å². The zero-order chi connectivity index (χ0) is 9.26. The molecule has 68 valence electrons. The molecule has 0 fully saturated rings. The van der Waals surface area contributed by atoms with E-state index in [1.54, 1.807) is 12.3 Å². The molecule has 0 saturated heterocycles. The van der Waals surface area contributed by atoms with Crippen molar-refractivity contribution in [1.29, 1.82) is 0 Å². The summed E-state index contributed by atoms with van der Waals surface area (Å²) >= 11 is 0. The highest BCUT2D eigenvalue weighted by Crippen LogP contribution is 2.23. The molecule has 0 bridgehead atoms. The van der Waals surface area contributed by atoms with Crippen LogP contribution in [0.4, 0.5) is 0 Å². The predicted octanol–water partition coefficient (Wildman–Crippen LogP) is 1.47. The average Bonchev–Trinajstić information content (AvgIpc) is 2.71. The fourth-order valence-corrected chi connectivity index (χ4v) is 1.26. The molecule has 0 saturated carbocycles. The Morgan fingerprint density at radius 3 is 3.08 bits per heavy atom. The minimum absolute atomic E-state index is 0.0294. The lowest BCUT2D eigenvalue weighted by Gasteiger charge is -1.95. The Balaban J connectivity index is 2.52. The van der Waals surface area contributed by atoms with Gasteiger partial charge in [-0.3, -0.25) is 5.10 Å². The van der Waals surface area contributed by atoms with Crippen molar-refractivity contribution in [2.45, 2.75) is 13.5 Å². The molecule has 0 aliphatic rings. The molecule has 0 aromatic carbocycles. The van der Waals surface area contributed by atoms with E-state index in [0.717, 1.165) is 11.3 Å². The third kappa shape index (κ3) is 1.25. The van der Waals surface area contributed by atoms with Crippen molar-refractivity contribution in [3.8, 4) is 11.5 Å². The lowest BCUT2D eigenvalue weighted by Crippen LogP contribution is -1.86. The number of aromatic amines is 1. The van der Waals surface area contributed by atoms with E-state index in [4.69, 9.17) is 9.52 Å². The number of aromatic nitrogens is 2. The van der Waals surface area contributed by atoms with E-state index < -0.39 is 0 Å². The summed E-state index contributed by atoms with van der Waals surface area (Å²) in [6.45, 7) is 1.84. The summed E-state index contributed by atoms with van der Waals surface area (Å²) in [5.74, 6) is 0.674. The third-order valence-electron chi connectivity index (χ3n) is 1.99. The van der Waals surface area contributed by atoms with Crippen LogP contribution in [0, 0.1) is 6.92 Å². The maximum Gasteiger partial charge on any atom is 0.154 e. The standard InChI is InChI=1S/C9H10N2O2/c1-6-7(5-12)9(11-10-6)8-3-2-4-13-8/h2-4,12H,5H2,1H3,(H,10,11). The molecular weight excluding hydrogens is 168 g/mol. The van der Waals surface area contributed by atoms with Gasteiger partial charge in [-0.25, -0.2) is 0 Å². The largest absolute Gasteiger partial charge is 0.463 e. The SMILES string of the molecule is Cc1[nH]nc(-c2ccco2)c1CO. The monoisotopic (exact) mass is 178 g/mol. The molecule has 2 N–H and O–H groups in total. The van der Waals surface area contributed by atoms with Crippen LogP contribution in [0.2, 0.25) is 0 Å². The molecule has 0 unspecified atom stereocenters. The Labute approximate surface area is 75.2 Å². The van der Waals surface area contributed by atoms with Crippen molar-refractivity contribution in [2.24, 2.45) is 0 Å². The molecule has 0 radical (unpaired) electrons. The summed E-state index contributed by atoms with van der Waals surface area (Å²) in [4.78, 5) is 0. The number of hydrogen-bond donors (Lipinski definition) is 2. The number of aliphatic hydroxyl groups is 1. The lowest BCUT2D eigenvalue weighted by atomic mass is 10.2. The Bertz CT molecular complexity index is 390. The number of nitrogens with zero attached hydrogens (tertiary/aromatic N) is 1. The fraction of sp³-hybridized carbons (Fsp3) is 0.222. The van der Waals surface area contributed by atoms with Gasteiger partial charge in [-0.15, -0.1) is 0 Å². The van der Waals surface area contributed by atoms with Crippen molar-refractivity contribution in [3.63, 3.8) is 0 Å². The Kier molecular flexibility index (Phi) is 1.90. The second-order valence-electron chi connectivity index (χ2n) is 2.81. The smallest absolute Gasteiger partial charge is 0.154 e. The van der Waals surface area contributed by atoms with Crippen molar-refractivity contribution in [3.05, 3.63) is 29.7 Å². The first kappa shape index (κ1) is 8.07. The van der Waals surface area contributed by atoms with E-state index in [9.17, 15) is 0 Å². The predicted molar refractivity (Wildman–Crippen MR) is 46.9 cm³/mol. The van der Waals surface area contributed by atoms with Crippen LogP contribution in [0.5, 0.6) is 0 Å². The molecule has 2 rings (SSSR count). The number of rotatable bonds is 2. The quantitative estimate of drug-likeness (QED) is 0.732. The van der Waals surface area contributed by atoms with Gasteiger partial charge in [0.15, 0.2) is 5.76 Å². The second-order valence-corrected chi connectivity index (χ2v) is 2.81. The van der Waals surface area contributed by atoms with Crippen molar-refractivity contribution in [1.82, 2.24) is 10.2 Å². The van der Waals surface area contributed by atoms with Crippen LogP contribution in [-0.2, 0) is 6.61 Å². The van der Waals surface area contributed by atoms with E-state index in [-0.39, 0.29) is 6.61 Å². The molecule has 13 heavy (non-hydrogen) atoms. The van der Waals surface area contributed by atoms with Crippen LogP contribution < -0.4 is 0 Å². The summed E-state index contributed by atoms with van der Waals surface area (Å²) in [7, 11) is 0. The van der Waals surface area contributed by atoms with Crippen LogP contribution in [-0.4, -0.2) is 15.3 Å². The zero-order valence-electron chi connectivity index (χ0n) is 7.24. The molecule has 2 aromatic rings. The minimum atomic E-state index is -0.0294. The molecule has 0 amide bonds. The van der Waals surface area contributed by atoms with Gasteiger partial charge in [-0.2, -0.15) is 5.10 Å². The molecule has 4 heteroatoms. The summed E-state index contributed by atoms with van der Waals surface area (Å²) in [6, 6.07) is 3.61. The number of aryl methyl sites for hydroxylation is 1. The first-order chi connectivity index (χ1) is 6.33. The lowest BCUT2D eigenvalue weighted by molar-refractivity contribution is 0.281. The fourth-order valence-electron chi connectivity index (χ4n) is 1.26. The van der Waals surface area contributed by atoms with Gasteiger partial charge < -0.3 is 9.52 Å². The maximum atomic E-state index is 9.09.